The third kappa shape index (κ3) is 3.19. The molecule has 4 heteroatoms. The Bertz CT molecular complexity index is 556. The Kier molecular flexibility index (Phi) is 4.78. The minimum atomic E-state index is 0.0591. The van der Waals surface area contributed by atoms with Crippen LogP contribution in [-0.4, -0.2) is 19.1 Å². The zero-order valence-electron chi connectivity index (χ0n) is 12.7. The first kappa shape index (κ1) is 15.0. The second-order valence-corrected chi connectivity index (χ2v) is 6.34. The van der Waals surface area contributed by atoms with Crippen molar-refractivity contribution in [3.8, 4) is 10.6 Å². The van der Waals surface area contributed by atoms with Crippen molar-refractivity contribution < 1.29 is 0 Å². The van der Waals surface area contributed by atoms with Crippen molar-refractivity contribution in [2.75, 3.05) is 19.0 Å². The molecule has 1 heterocycles. The Balaban J connectivity index is 2.34. The Morgan fingerprint density at radius 1 is 1.25 bits per heavy atom. The Morgan fingerprint density at radius 2 is 1.90 bits per heavy atom. The molecular formula is C16H23N3S. The molecule has 0 saturated heterocycles. The maximum Gasteiger partial charge on any atom is 0.123 e. The predicted molar refractivity (Wildman–Crippen MR) is 88.5 cm³/mol. The molecule has 1 unspecified atom stereocenters. The van der Waals surface area contributed by atoms with Crippen LogP contribution < -0.4 is 10.6 Å². The number of nitrogens with zero attached hydrogens (tertiary/aromatic N) is 2. The molecule has 2 N–H and O–H groups in total. The first-order chi connectivity index (χ1) is 9.52. The smallest absolute Gasteiger partial charge is 0.123 e. The molecule has 2 aromatic rings. The van der Waals surface area contributed by atoms with Crippen molar-refractivity contribution in [1.82, 2.24) is 4.98 Å². The molecule has 1 atom stereocenters. The lowest BCUT2D eigenvalue weighted by Gasteiger charge is -2.11. The van der Waals surface area contributed by atoms with Gasteiger partial charge < -0.3 is 10.6 Å². The monoisotopic (exact) mass is 289 g/mol. The second kappa shape index (κ2) is 6.37. The summed E-state index contributed by atoms with van der Waals surface area (Å²) in [5, 5.41) is 1.08. The van der Waals surface area contributed by atoms with E-state index in [-0.39, 0.29) is 6.04 Å². The van der Waals surface area contributed by atoms with E-state index < -0.39 is 0 Å². The van der Waals surface area contributed by atoms with Crippen LogP contribution in [0, 0.1) is 0 Å². The van der Waals surface area contributed by atoms with Crippen LogP contribution in [0.2, 0.25) is 0 Å². The van der Waals surface area contributed by atoms with Crippen LogP contribution in [0.4, 0.5) is 5.69 Å². The van der Waals surface area contributed by atoms with Crippen LogP contribution in [0.15, 0.2) is 24.3 Å². The highest BCUT2D eigenvalue weighted by Gasteiger charge is 2.14. The third-order valence-electron chi connectivity index (χ3n) is 3.26. The third-order valence-corrected chi connectivity index (χ3v) is 4.61. The molecule has 0 aliphatic heterocycles. The van der Waals surface area contributed by atoms with Crippen molar-refractivity contribution >= 4 is 17.0 Å². The summed E-state index contributed by atoms with van der Waals surface area (Å²) in [6.07, 6.45) is 2.10. The van der Waals surface area contributed by atoms with Gasteiger partial charge in [0.15, 0.2) is 0 Å². The highest BCUT2D eigenvalue weighted by molar-refractivity contribution is 7.15. The van der Waals surface area contributed by atoms with Crippen molar-refractivity contribution in [3.63, 3.8) is 0 Å². The average molecular weight is 289 g/mol. The molecular weight excluding hydrogens is 266 g/mol. The van der Waals surface area contributed by atoms with Gasteiger partial charge in [-0.15, -0.1) is 11.3 Å². The zero-order valence-corrected chi connectivity index (χ0v) is 13.5. The van der Waals surface area contributed by atoms with E-state index in [9.17, 15) is 0 Å². The quantitative estimate of drug-likeness (QED) is 0.909. The molecule has 0 aliphatic carbocycles. The molecule has 1 aromatic carbocycles. The van der Waals surface area contributed by atoms with Crippen LogP contribution in [-0.2, 0) is 6.42 Å². The average Bonchev–Trinajstić information content (AvgIpc) is 2.83. The summed E-state index contributed by atoms with van der Waals surface area (Å²) in [6.45, 7) is 4.21. The van der Waals surface area contributed by atoms with E-state index in [0.29, 0.717) is 0 Å². The Morgan fingerprint density at radius 3 is 2.40 bits per heavy atom. The second-order valence-electron chi connectivity index (χ2n) is 5.31. The van der Waals surface area contributed by atoms with Crippen LogP contribution >= 0.6 is 11.3 Å². The number of hydrogen-bond donors (Lipinski definition) is 1. The molecule has 20 heavy (non-hydrogen) atoms. The van der Waals surface area contributed by atoms with E-state index in [1.807, 2.05) is 21.0 Å². The largest absolute Gasteiger partial charge is 0.378 e. The van der Waals surface area contributed by atoms with E-state index in [1.165, 1.54) is 21.8 Å². The van der Waals surface area contributed by atoms with E-state index >= 15 is 0 Å². The molecule has 0 bridgehead atoms. The summed E-state index contributed by atoms with van der Waals surface area (Å²) in [6, 6.07) is 8.58. The van der Waals surface area contributed by atoms with Crippen LogP contribution in [0.1, 0.15) is 36.9 Å². The van der Waals surface area contributed by atoms with Crippen molar-refractivity contribution in [2.45, 2.75) is 32.7 Å². The molecule has 2 rings (SSSR count). The number of rotatable bonds is 5. The summed E-state index contributed by atoms with van der Waals surface area (Å²) >= 11 is 1.73. The van der Waals surface area contributed by atoms with Gasteiger partial charge >= 0.3 is 0 Å². The van der Waals surface area contributed by atoms with Gasteiger partial charge in [0.25, 0.3) is 0 Å². The maximum atomic E-state index is 6.06. The van der Waals surface area contributed by atoms with E-state index in [2.05, 4.69) is 36.1 Å². The summed E-state index contributed by atoms with van der Waals surface area (Å²) in [5.74, 6) is 0. The molecule has 3 nitrogen and oxygen atoms in total. The SMILES string of the molecule is CCCc1nc(-c2ccc(N(C)C)cc2)sc1C(C)N. The minimum Gasteiger partial charge on any atom is -0.378 e. The van der Waals surface area contributed by atoms with Gasteiger partial charge in [0.1, 0.15) is 5.01 Å². The summed E-state index contributed by atoms with van der Waals surface area (Å²) in [5.41, 5.74) is 9.60. The van der Waals surface area contributed by atoms with Gasteiger partial charge in [0, 0.05) is 36.3 Å². The fourth-order valence-electron chi connectivity index (χ4n) is 2.16. The standard InChI is InChI=1S/C16H23N3S/c1-5-6-14-15(11(2)17)20-16(18-14)12-7-9-13(10-8-12)19(3)4/h7-11H,5-6,17H2,1-4H3. The highest BCUT2D eigenvalue weighted by atomic mass is 32.1. The van der Waals surface area contributed by atoms with Gasteiger partial charge in [-0.1, -0.05) is 13.3 Å². The number of aromatic nitrogens is 1. The lowest BCUT2D eigenvalue weighted by molar-refractivity contribution is 0.793. The molecule has 0 fully saturated rings. The van der Waals surface area contributed by atoms with Gasteiger partial charge in [0.2, 0.25) is 0 Å². The van der Waals surface area contributed by atoms with Gasteiger partial charge in [-0.05, 0) is 37.6 Å². The van der Waals surface area contributed by atoms with E-state index in [4.69, 9.17) is 10.7 Å². The van der Waals surface area contributed by atoms with Crippen molar-refractivity contribution in [3.05, 3.63) is 34.8 Å². The molecule has 0 saturated carbocycles. The number of aryl methyl sites for hydroxylation is 1. The number of benzene rings is 1. The van der Waals surface area contributed by atoms with Gasteiger partial charge in [0.05, 0.1) is 5.69 Å². The van der Waals surface area contributed by atoms with Gasteiger partial charge in [-0.25, -0.2) is 4.98 Å². The van der Waals surface area contributed by atoms with Crippen LogP contribution in [0.25, 0.3) is 10.6 Å². The first-order valence-corrected chi connectivity index (χ1v) is 7.87. The summed E-state index contributed by atoms with van der Waals surface area (Å²) in [7, 11) is 4.10. The lowest BCUT2D eigenvalue weighted by atomic mass is 10.1. The minimum absolute atomic E-state index is 0.0591. The fraction of sp³-hybridized carbons (Fsp3) is 0.438. The zero-order chi connectivity index (χ0) is 14.7. The van der Waals surface area contributed by atoms with E-state index in [1.54, 1.807) is 11.3 Å². The van der Waals surface area contributed by atoms with Crippen molar-refractivity contribution in [1.29, 1.82) is 0 Å². The number of thiazole rings is 1. The summed E-state index contributed by atoms with van der Waals surface area (Å²) in [4.78, 5) is 8.11. The number of hydrogen-bond acceptors (Lipinski definition) is 4. The molecule has 0 aliphatic rings. The fourth-order valence-corrected chi connectivity index (χ4v) is 3.23. The van der Waals surface area contributed by atoms with Crippen LogP contribution in [0.5, 0.6) is 0 Å². The summed E-state index contributed by atoms with van der Waals surface area (Å²) < 4.78 is 0. The molecule has 108 valence electrons. The van der Waals surface area contributed by atoms with Gasteiger partial charge in [-0.3, -0.25) is 0 Å². The number of nitrogens with two attached hydrogens (primary N) is 1. The van der Waals surface area contributed by atoms with E-state index in [0.717, 1.165) is 17.8 Å². The van der Waals surface area contributed by atoms with Crippen LogP contribution in [0.3, 0.4) is 0 Å². The lowest BCUT2D eigenvalue weighted by Crippen LogP contribution is -2.07. The molecule has 1 aromatic heterocycles. The Hall–Kier alpha value is -1.39. The molecule has 0 radical (unpaired) electrons. The topological polar surface area (TPSA) is 42.2 Å². The predicted octanol–water partition coefficient (Wildman–Crippen LogP) is 3.85. The van der Waals surface area contributed by atoms with Crippen molar-refractivity contribution in [2.24, 2.45) is 5.73 Å². The normalized spacial score (nSPS) is 12.4. The Labute approximate surface area is 125 Å². The maximum absolute atomic E-state index is 6.06. The first-order valence-electron chi connectivity index (χ1n) is 7.05. The van der Waals surface area contributed by atoms with Gasteiger partial charge in [-0.2, -0.15) is 0 Å². The highest BCUT2D eigenvalue weighted by Crippen LogP contribution is 2.32. The molecule has 0 amide bonds. The molecule has 0 spiro atoms. The number of anilines is 1.